The number of rotatable bonds is 33. The number of unbranched alkanes of at least 4 members (excludes halogenated alkanes) is 12. The molecule has 0 aliphatic carbocycles. The zero-order chi connectivity index (χ0) is 26.0. The molecule has 0 saturated heterocycles. The summed E-state index contributed by atoms with van der Waals surface area (Å²) < 4.78 is 37.8. The molecule has 0 bridgehead atoms. The third kappa shape index (κ3) is 33.3. The average Bonchev–Trinajstić information content (AvgIpc) is 2.89. The van der Waals surface area contributed by atoms with Crippen LogP contribution >= 0.6 is 0 Å². The zero-order valence-electron chi connectivity index (χ0n) is 23.5. The number of hydrogen-bond donors (Lipinski definition) is 0. The highest BCUT2D eigenvalue weighted by Crippen LogP contribution is 2.12. The Kier molecular flexibility index (Phi) is 33.6. The largest absolute Gasteiger partial charge is 0.499 e. The van der Waals surface area contributed by atoms with Crippen LogP contribution in [0.5, 0.6) is 0 Å². The average molecular weight is 519 g/mol. The molecule has 0 aliphatic rings. The maximum atomic E-state index is 5.65. The molecular weight excluding hydrogens is 460 g/mol. The number of ether oxygens (including phenoxy) is 7. The second kappa shape index (κ2) is 34.3. The van der Waals surface area contributed by atoms with Crippen LogP contribution in [0.3, 0.4) is 0 Å². The van der Waals surface area contributed by atoms with Gasteiger partial charge in [0.25, 0.3) is 0 Å². The Morgan fingerprint density at radius 3 is 0.972 bits per heavy atom. The van der Waals surface area contributed by atoms with Crippen LogP contribution in [0.1, 0.15) is 90.4 Å². The van der Waals surface area contributed by atoms with Crippen LogP contribution in [0.2, 0.25) is 0 Å². The lowest BCUT2D eigenvalue weighted by molar-refractivity contribution is -0.0185. The van der Waals surface area contributed by atoms with Crippen LogP contribution in [-0.2, 0) is 33.2 Å². The Labute approximate surface area is 222 Å². The fraction of sp³-hybridized carbons (Fsp3) is 0.931. The van der Waals surface area contributed by atoms with Crippen LogP contribution in [0, 0.1) is 0 Å². The van der Waals surface area contributed by atoms with Gasteiger partial charge in [-0.2, -0.15) is 0 Å². The minimum atomic E-state index is 0.519. The van der Waals surface area contributed by atoms with E-state index in [4.69, 9.17) is 33.2 Å². The predicted molar refractivity (Wildman–Crippen MR) is 147 cm³/mol. The van der Waals surface area contributed by atoms with Crippen molar-refractivity contribution in [2.24, 2.45) is 0 Å². The Morgan fingerprint density at radius 2 is 0.639 bits per heavy atom. The summed E-state index contributed by atoms with van der Waals surface area (Å²) in [4.78, 5) is 0. The SMILES string of the molecule is C=COCCOCCOCCOCCOCCOCCOCCCCCCCCCCCCCCC. The molecule has 0 heterocycles. The van der Waals surface area contributed by atoms with E-state index in [0.29, 0.717) is 79.3 Å². The molecule has 0 aromatic rings. The summed E-state index contributed by atoms with van der Waals surface area (Å²) in [5.74, 6) is 0. The summed E-state index contributed by atoms with van der Waals surface area (Å²) in [6.07, 6.45) is 19.3. The van der Waals surface area contributed by atoms with E-state index in [-0.39, 0.29) is 0 Å². The molecule has 0 amide bonds. The van der Waals surface area contributed by atoms with Gasteiger partial charge in [0.2, 0.25) is 0 Å². The maximum Gasteiger partial charge on any atom is 0.111 e. The lowest BCUT2D eigenvalue weighted by Crippen LogP contribution is -2.14. The summed E-state index contributed by atoms with van der Waals surface area (Å²) in [5, 5.41) is 0. The Hall–Kier alpha value is -0.700. The molecule has 0 aromatic carbocycles. The standard InChI is InChI=1S/C29H58O7/c1-3-5-6-7-8-9-10-11-12-13-14-15-16-17-31-20-21-33-24-25-35-28-29-36-27-26-34-23-22-32-19-18-30-4-2/h4H,2-3,5-29H2,1H3. The summed E-state index contributed by atoms with van der Waals surface area (Å²) in [6.45, 7) is 13.4. The van der Waals surface area contributed by atoms with Crippen LogP contribution in [-0.4, -0.2) is 85.9 Å². The van der Waals surface area contributed by atoms with Crippen molar-refractivity contribution in [2.75, 3.05) is 85.9 Å². The monoisotopic (exact) mass is 518 g/mol. The molecule has 216 valence electrons. The van der Waals surface area contributed by atoms with E-state index in [2.05, 4.69) is 13.5 Å². The van der Waals surface area contributed by atoms with Gasteiger partial charge in [-0.15, -0.1) is 0 Å². The first kappa shape index (κ1) is 35.3. The summed E-state index contributed by atoms with van der Waals surface area (Å²) >= 11 is 0. The fourth-order valence-electron chi connectivity index (χ4n) is 3.61. The fourth-order valence-corrected chi connectivity index (χ4v) is 3.61. The van der Waals surface area contributed by atoms with E-state index in [1.807, 2.05) is 0 Å². The number of hydrogen-bond acceptors (Lipinski definition) is 7. The minimum Gasteiger partial charge on any atom is -0.499 e. The minimum absolute atomic E-state index is 0.519. The second-order valence-corrected chi connectivity index (χ2v) is 8.95. The first-order chi connectivity index (χ1) is 17.9. The molecule has 0 atom stereocenters. The molecular formula is C29H58O7. The van der Waals surface area contributed by atoms with Gasteiger partial charge >= 0.3 is 0 Å². The molecule has 36 heavy (non-hydrogen) atoms. The molecule has 0 aromatic heterocycles. The first-order valence-corrected chi connectivity index (χ1v) is 14.6. The van der Waals surface area contributed by atoms with Gasteiger partial charge in [-0.3, -0.25) is 0 Å². The van der Waals surface area contributed by atoms with Gasteiger partial charge in [0.15, 0.2) is 0 Å². The van der Waals surface area contributed by atoms with Crippen molar-refractivity contribution in [3.8, 4) is 0 Å². The molecule has 0 radical (unpaired) electrons. The summed E-state index contributed by atoms with van der Waals surface area (Å²) in [6, 6.07) is 0. The molecule has 0 saturated carbocycles. The quantitative estimate of drug-likeness (QED) is 0.0742. The highest BCUT2D eigenvalue weighted by molar-refractivity contribution is 4.49. The smallest absolute Gasteiger partial charge is 0.111 e. The predicted octanol–water partition coefficient (Wildman–Crippen LogP) is 6.34. The molecule has 0 N–H and O–H groups in total. The van der Waals surface area contributed by atoms with Crippen molar-refractivity contribution >= 4 is 0 Å². The van der Waals surface area contributed by atoms with Gasteiger partial charge in [-0.05, 0) is 6.42 Å². The van der Waals surface area contributed by atoms with Crippen molar-refractivity contribution in [2.45, 2.75) is 90.4 Å². The van der Waals surface area contributed by atoms with Crippen molar-refractivity contribution < 1.29 is 33.2 Å². The van der Waals surface area contributed by atoms with Gasteiger partial charge in [0, 0.05) is 6.61 Å². The van der Waals surface area contributed by atoms with Crippen LogP contribution in [0.25, 0.3) is 0 Å². The highest BCUT2D eigenvalue weighted by Gasteiger charge is 1.96. The summed E-state index contributed by atoms with van der Waals surface area (Å²) in [7, 11) is 0. The van der Waals surface area contributed by atoms with E-state index >= 15 is 0 Å². The third-order valence-corrected chi connectivity index (χ3v) is 5.72. The van der Waals surface area contributed by atoms with E-state index in [1.54, 1.807) is 0 Å². The molecule has 0 spiro atoms. The van der Waals surface area contributed by atoms with Crippen molar-refractivity contribution in [3.63, 3.8) is 0 Å². The maximum absolute atomic E-state index is 5.65. The molecule has 7 heteroatoms. The van der Waals surface area contributed by atoms with Crippen molar-refractivity contribution in [1.29, 1.82) is 0 Å². The van der Waals surface area contributed by atoms with Gasteiger partial charge in [-0.25, -0.2) is 0 Å². The van der Waals surface area contributed by atoms with Gasteiger partial charge in [-0.1, -0.05) is 90.6 Å². The molecule has 7 nitrogen and oxygen atoms in total. The molecule has 0 fully saturated rings. The van der Waals surface area contributed by atoms with Crippen molar-refractivity contribution in [3.05, 3.63) is 12.8 Å². The van der Waals surface area contributed by atoms with Crippen LogP contribution < -0.4 is 0 Å². The lowest BCUT2D eigenvalue weighted by atomic mass is 10.0. The molecule has 0 rings (SSSR count). The first-order valence-electron chi connectivity index (χ1n) is 14.6. The van der Waals surface area contributed by atoms with Gasteiger partial charge in [0.1, 0.15) is 6.61 Å². The van der Waals surface area contributed by atoms with Crippen LogP contribution in [0.15, 0.2) is 12.8 Å². The van der Waals surface area contributed by atoms with Gasteiger partial charge < -0.3 is 33.2 Å². The summed E-state index contributed by atoms with van der Waals surface area (Å²) in [5.41, 5.74) is 0. The topological polar surface area (TPSA) is 64.6 Å². The van der Waals surface area contributed by atoms with Gasteiger partial charge in [0.05, 0.1) is 78.9 Å². The highest BCUT2D eigenvalue weighted by atomic mass is 16.6. The zero-order valence-corrected chi connectivity index (χ0v) is 23.5. The molecule has 0 unspecified atom stereocenters. The van der Waals surface area contributed by atoms with E-state index in [1.165, 1.54) is 83.3 Å². The Morgan fingerprint density at radius 1 is 0.361 bits per heavy atom. The molecule has 0 aliphatic heterocycles. The van der Waals surface area contributed by atoms with E-state index in [9.17, 15) is 0 Å². The Bertz CT molecular complexity index is 396. The van der Waals surface area contributed by atoms with Crippen molar-refractivity contribution in [1.82, 2.24) is 0 Å². The van der Waals surface area contributed by atoms with E-state index < -0.39 is 0 Å². The Balaban J connectivity index is 3.00. The third-order valence-electron chi connectivity index (χ3n) is 5.72. The lowest BCUT2D eigenvalue weighted by Gasteiger charge is -2.08. The normalized spacial score (nSPS) is 11.2. The second-order valence-electron chi connectivity index (χ2n) is 8.95. The van der Waals surface area contributed by atoms with E-state index in [0.717, 1.165) is 13.0 Å². The van der Waals surface area contributed by atoms with Crippen LogP contribution in [0.4, 0.5) is 0 Å².